The zero-order valence-corrected chi connectivity index (χ0v) is 13.2. The summed E-state index contributed by atoms with van der Waals surface area (Å²) in [6.07, 6.45) is 1.59. The number of aliphatic imine (C=N–C) groups is 1. The highest BCUT2D eigenvalue weighted by Crippen LogP contribution is 2.36. The van der Waals surface area contributed by atoms with Crippen LogP contribution in [-0.4, -0.2) is 16.4 Å². The van der Waals surface area contributed by atoms with E-state index in [0.717, 1.165) is 5.56 Å². The SMILES string of the molecule is Cc1cccc(C=Nc2cc(Br)c(O)c(Br)c2)c1O. The molecule has 0 heterocycles. The van der Waals surface area contributed by atoms with Crippen LogP contribution in [0.5, 0.6) is 11.5 Å². The summed E-state index contributed by atoms with van der Waals surface area (Å²) in [6, 6.07) is 8.88. The van der Waals surface area contributed by atoms with Crippen molar-refractivity contribution < 1.29 is 10.2 Å². The van der Waals surface area contributed by atoms with Crippen LogP contribution in [0.25, 0.3) is 0 Å². The van der Waals surface area contributed by atoms with Crippen molar-refractivity contribution in [3.63, 3.8) is 0 Å². The van der Waals surface area contributed by atoms with Gasteiger partial charge in [-0.3, -0.25) is 4.99 Å². The van der Waals surface area contributed by atoms with E-state index in [1.165, 1.54) is 0 Å². The molecule has 0 spiro atoms. The van der Waals surface area contributed by atoms with Gasteiger partial charge in [0.2, 0.25) is 0 Å². The average molecular weight is 385 g/mol. The number of benzene rings is 2. The molecule has 19 heavy (non-hydrogen) atoms. The molecule has 2 rings (SSSR count). The predicted octanol–water partition coefficient (Wildman–Crippen LogP) is 4.68. The Kier molecular flexibility index (Phi) is 4.27. The third kappa shape index (κ3) is 3.16. The van der Waals surface area contributed by atoms with Gasteiger partial charge in [0, 0.05) is 11.8 Å². The zero-order valence-electron chi connectivity index (χ0n) is 10.1. The fraction of sp³-hybridized carbons (Fsp3) is 0.0714. The first kappa shape index (κ1) is 14.1. The molecule has 0 aromatic heterocycles. The van der Waals surface area contributed by atoms with E-state index in [0.29, 0.717) is 20.2 Å². The van der Waals surface area contributed by atoms with Crippen LogP contribution >= 0.6 is 31.9 Å². The van der Waals surface area contributed by atoms with Crippen molar-refractivity contribution in [3.05, 3.63) is 50.4 Å². The van der Waals surface area contributed by atoms with Crippen molar-refractivity contribution in [2.24, 2.45) is 4.99 Å². The minimum Gasteiger partial charge on any atom is -0.507 e. The molecule has 0 bridgehead atoms. The summed E-state index contributed by atoms with van der Waals surface area (Å²) in [5, 5.41) is 19.5. The number of phenols is 2. The Bertz CT molecular complexity index is 631. The van der Waals surface area contributed by atoms with Crippen molar-refractivity contribution in [2.75, 3.05) is 0 Å². The van der Waals surface area contributed by atoms with E-state index in [9.17, 15) is 10.2 Å². The summed E-state index contributed by atoms with van der Waals surface area (Å²) in [4.78, 5) is 4.29. The lowest BCUT2D eigenvalue weighted by Gasteiger charge is -2.03. The fourth-order valence-corrected chi connectivity index (χ4v) is 2.72. The number of aromatic hydroxyl groups is 2. The molecule has 0 amide bonds. The van der Waals surface area contributed by atoms with E-state index in [4.69, 9.17) is 0 Å². The highest BCUT2D eigenvalue weighted by atomic mass is 79.9. The number of hydrogen-bond acceptors (Lipinski definition) is 3. The normalized spacial score (nSPS) is 11.1. The first-order valence-corrected chi connectivity index (χ1v) is 7.08. The van der Waals surface area contributed by atoms with Gasteiger partial charge in [0.05, 0.1) is 14.6 Å². The Labute approximate surface area is 127 Å². The van der Waals surface area contributed by atoms with Gasteiger partial charge < -0.3 is 10.2 Å². The van der Waals surface area contributed by atoms with Crippen molar-refractivity contribution in [3.8, 4) is 11.5 Å². The molecule has 0 radical (unpaired) electrons. The summed E-state index contributed by atoms with van der Waals surface area (Å²) in [7, 11) is 0. The van der Waals surface area contributed by atoms with Crippen molar-refractivity contribution in [1.82, 2.24) is 0 Å². The molecule has 5 heteroatoms. The van der Waals surface area contributed by atoms with Crippen molar-refractivity contribution in [2.45, 2.75) is 6.92 Å². The van der Waals surface area contributed by atoms with Gasteiger partial charge in [0.25, 0.3) is 0 Å². The smallest absolute Gasteiger partial charge is 0.144 e. The first-order valence-electron chi connectivity index (χ1n) is 5.49. The second-order valence-electron chi connectivity index (χ2n) is 4.03. The molecule has 0 aliphatic carbocycles. The lowest BCUT2D eigenvalue weighted by Crippen LogP contribution is -1.84. The third-order valence-corrected chi connectivity index (χ3v) is 3.83. The van der Waals surface area contributed by atoms with Crippen LogP contribution in [0.4, 0.5) is 5.69 Å². The molecule has 0 atom stereocenters. The van der Waals surface area contributed by atoms with Gasteiger partial charge in [-0.1, -0.05) is 12.1 Å². The molecule has 3 nitrogen and oxygen atoms in total. The number of hydrogen-bond donors (Lipinski definition) is 2. The van der Waals surface area contributed by atoms with E-state index < -0.39 is 0 Å². The number of phenolic OH excluding ortho intramolecular Hbond substituents is 2. The molecule has 98 valence electrons. The van der Waals surface area contributed by atoms with Crippen LogP contribution in [0.1, 0.15) is 11.1 Å². The second kappa shape index (κ2) is 5.75. The van der Waals surface area contributed by atoms with Crippen LogP contribution < -0.4 is 0 Å². The molecule has 0 unspecified atom stereocenters. The Morgan fingerprint density at radius 2 is 1.68 bits per heavy atom. The third-order valence-electron chi connectivity index (χ3n) is 2.62. The van der Waals surface area contributed by atoms with Crippen LogP contribution in [0.2, 0.25) is 0 Å². The fourth-order valence-electron chi connectivity index (χ4n) is 1.56. The quantitative estimate of drug-likeness (QED) is 0.738. The van der Waals surface area contributed by atoms with Gasteiger partial charge in [0.15, 0.2) is 0 Å². The minimum absolute atomic E-state index is 0.136. The van der Waals surface area contributed by atoms with Crippen LogP contribution in [-0.2, 0) is 0 Å². The Morgan fingerprint density at radius 1 is 1.05 bits per heavy atom. The van der Waals surface area contributed by atoms with Crippen molar-refractivity contribution >= 4 is 43.8 Å². The molecular formula is C14H11Br2NO2. The maximum Gasteiger partial charge on any atom is 0.144 e. The maximum absolute atomic E-state index is 9.88. The van der Waals surface area contributed by atoms with E-state index in [1.54, 1.807) is 24.4 Å². The van der Waals surface area contributed by atoms with Crippen LogP contribution in [0.3, 0.4) is 0 Å². The Morgan fingerprint density at radius 3 is 2.32 bits per heavy atom. The predicted molar refractivity (Wildman–Crippen MR) is 83.6 cm³/mol. The lowest BCUT2D eigenvalue weighted by molar-refractivity contribution is 0.468. The molecule has 0 saturated heterocycles. The number of rotatable bonds is 2. The van der Waals surface area contributed by atoms with Crippen LogP contribution in [0, 0.1) is 6.92 Å². The molecule has 0 fully saturated rings. The van der Waals surface area contributed by atoms with Gasteiger partial charge in [0.1, 0.15) is 11.5 Å². The molecule has 0 aliphatic rings. The summed E-state index contributed by atoms with van der Waals surface area (Å²) >= 11 is 6.49. The van der Waals surface area contributed by atoms with E-state index >= 15 is 0 Å². The average Bonchev–Trinajstić information content (AvgIpc) is 2.37. The summed E-state index contributed by atoms with van der Waals surface area (Å²) in [5.74, 6) is 0.362. The topological polar surface area (TPSA) is 52.8 Å². The summed E-state index contributed by atoms with van der Waals surface area (Å²) in [6.45, 7) is 1.83. The first-order chi connectivity index (χ1) is 8.99. The Balaban J connectivity index is 2.35. The van der Waals surface area contributed by atoms with Gasteiger partial charge in [-0.15, -0.1) is 0 Å². The summed E-state index contributed by atoms with van der Waals surface area (Å²) in [5.41, 5.74) is 2.12. The molecule has 2 N–H and O–H groups in total. The highest BCUT2D eigenvalue weighted by molar-refractivity contribution is 9.11. The summed E-state index contributed by atoms with van der Waals surface area (Å²) < 4.78 is 1.12. The van der Waals surface area contributed by atoms with E-state index in [-0.39, 0.29) is 11.5 Å². The lowest BCUT2D eigenvalue weighted by atomic mass is 10.1. The number of halogens is 2. The molecular weight excluding hydrogens is 374 g/mol. The van der Waals surface area contributed by atoms with Crippen LogP contribution in [0.15, 0.2) is 44.3 Å². The number of para-hydroxylation sites is 1. The Hall–Kier alpha value is -1.33. The van der Waals surface area contributed by atoms with Crippen molar-refractivity contribution in [1.29, 1.82) is 0 Å². The van der Waals surface area contributed by atoms with Gasteiger partial charge in [-0.25, -0.2) is 0 Å². The zero-order chi connectivity index (χ0) is 14.0. The number of nitrogens with zero attached hydrogens (tertiary/aromatic N) is 1. The van der Waals surface area contributed by atoms with Gasteiger partial charge in [-0.05, 0) is 62.5 Å². The molecule has 2 aromatic carbocycles. The second-order valence-corrected chi connectivity index (χ2v) is 5.74. The molecule has 0 aliphatic heterocycles. The minimum atomic E-state index is 0.136. The highest BCUT2D eigenvalue weighted by Gasteiger charge is 2.05. The van der Waals surface area contributed by atoms with E-state index in [2.05, 4.69) is 36.9 Å². The maximum atomic E-state index is 9.88. The monoisotopic (exact) mass is 383 g/mol. The van der Waals surface area contributed by atoms with E-state index in [1.807, 2.05) is 19.1 Å². The molecule has 0 saturated carbocycles. The molecule has 2 aromatic rings. The van der Waals surface area contributed by atoms with Gasteiger partial charge >= 0.3 is 0 Å². The largest absolute Gasteiger partial charge is 0.507 e. The standard InChI is InChI=1S/C14H11Br2NO2/c1-8-3-2-4-9(13(8)18)7-17-10-5-11(15)14(19)12(16)6-10/h2-7,18-19H,1H3. The van der Waals surface area contributed by atoms with Gasteiger partial charge in [-0.2, -0.15) is 0 Å². The number of aryl methyl sites for hydroxylation is 1.